The van der Waals surface area contributed by atoms with Crippen LogP contribution in [0.15, 0.2) is 12.7 Å². The second kappa shape index (κ2) is 2.68. The van der Waals surface area contributed by atoms with Crippen molar-refractivity contribution < 1.29 is 14.4 Å². The zero-order chi connectivity index (χ0) is 11.4. The third kappa shape index (κ3) is 0.948. The van der Waals surface area contributed by atoms with Crippen LogP contribution >= 0.6 is 0 Å². The number of carbonyl (C=O) groups excluding carboxylic acids is 3. The van der Waals surface area contributed by atoms with Gasteiger partial charge in [-0.2, -0.15) is 0 Å². The van der Waals surface area contributed by atoms with E-state index in [2.05, 4.69) is 6.58 Å². The summed E-state index contributed by atoms with van der Waals surface area (Å²) in [5.74, 6) is -0.934. The van der Waals surface area contributed by atoms with Crippen LogP contribution < -0.4 is 0 Å². The van der Waals surface area contributed by atoms with Crippen molar-refractivity contribution in [3.05, 3.63) is 12.7 Å². The van der Waals surface area contributed by atoms with Crippen molar-refractivity contribution in [2.75, 3.05) is 14.1 Å². The van der Waals surface area contributed by atoms with E-state index in [1.165, 1.54) is 14.1 Å². The molecule has 5 heteroatoms. The minimum absolute atomic E-state index is 0.129. The van der Waals surface area contributed by atoms with Crippen molar-refractivity contribution in [3.8, 4) is 0 Å². The Balaban J connectivity index is 2.42. The smallest absolute Gasteiger partial charge is 0.273 e. The maximum Gasteiger partial charge on any atom is 0.332 e. The van der Waals surface area contributed by atoms with Crippen LogP contribution in [0.4, 0.5) is 4.79 Å². The van der Waals surface area contributed by atoms with Crippen LogP contribution in [-0.2, 0) is 9.59 Å². The van der Waals surface area contributed by atoms with Gasteiger partial charge in [-0.3, -0.25) is 19.4 Å². The van der Waals surface area contributed by atoms with Crippen LogP contribution in [0.2, 0.25) is 0 Å². The molecule has 2 aliphatic rings. The second-order valence-electron chi connectivity index (χ2n) is 4.03. The zero-order valence-corrected chi connectivity index (χ0v) is 8.69. The molecule has 0 bridgehead atoms. The molecule has 2 rings (SSSR count). The highest BCUT2D eigenvalue weighted by Crippen LogP contribution is 2.56. The summed E-state index contributed by atoms with van der Waals surface area (Å²) in [4.78, 5) is 37.2. The van der Waals surface area contributed by atoms with E-state index in [0.29, 0.717) is 6.42 Å². The van der Waals surface area contributed by atoms with Crippen molar-refractivity contribution in [2.45, 2.75) is 6.42 Å². The van der Waals surface area contributed by atoms with Gasteiger partial charge in [-0.1, -0.05) is 6.08 Å². The van der Waals surface area contributed by atoms with E-state index >= 15 is 0 Å². The predicted octanol–water partition coefficient (Wildman–Crippen LogP) is 0.229. The Morgan fingerprint density at radius 1 is 1.27 bits per heavy atom. The molecule has 1 saturated carbocycles. The lowest BCUT2D eigenvalue weighted by Gasteiger charge is -2.33. The highest BCUT2D eigenvalue weighted by molar-refractivity contribution is 6.21. The van der Waals surface area contributed by atoms with E-state index in [1.807, 2.05) is 0 Å². The number of hydrogen-bond donors (Lipinski definition) is 0. The molecule has 4 amide bonds. The van der Waals surface area contributed by atoms with Gasteiger partial charge >= 0.3 is 6.03 Å². The number of imide groups is 2. The molecule has 1 heterocycles. The number of hydrogen-bond acceptors (Lipinski definition) is 3. The van der Waals surface area contributed by atoms with E-state index in [4.69, 9.17) is 0 Å². The summed E-state index contributed by atoms with van der Waals surface area (Å²) in [6.45, 7) is 3.58. The number of barbiturate groups is 1. The molecule has 1 atom stereocenters. The lowest BCUT2D eigenvalue weighted by molar-refractivity contribution is -0.150. The maximum absolute atomic E-state index is 11.9. The first-order valence-corrected chi connectivity index (χ1v) is 4.69. The molecule has 15 heavy (non-hydrogen) atoms. The Labute approximate surface area is 87.3 Å². The highest BCUT2D eigenvalue weighted by atomic mass is 16.2. The molecule has 0 aromatic heterocycles. The molecule has 2 fully saturated rings. The Kier molecular flexibility index (Phi) is 1.77. The summed E-state index contributed by atoms with van der Waals surface area (Å²) < 4.78 is 0. The quantitative estimate of drug-likeness (QED) is 0.458. The summed E-state index contributed by atoms with van der Waals surface area (Å²) in [6.07, 6.45) is 2.07. The molecular formula is C10H12N2O3. The van der Waals surface area contributed by atoms with Crippen molar-refractivity contribution >= 4 is 17.8 Å². The Bertz CT molecular complexity index is 364. The fraction of sp³-hybridized carbons (Fsp3) is 0.500. The van der Waals surface area contributed by atoms with Gasteiger partial charge in [0.25, 0.3) is 0 Å². The summed E-state index contributed by atoms with van der Waals surface area (Å²) in [6, 6.07) is -0.565. The Morgan fingerprint density at radius 2 is 1.73 bits per heavy atom. The van der Waals surface area contributed by atoms with E-state index < -0.39 is 23.3 Å². The molecule has 0 radical (unpaired) electrons. The SMILES string of the molecule is C=C[C@@H]1CC12C(=O)N(C)C(=O)N(C)C2=O. The van der Waals surface area contributed by atoms with Crippen LogP contribution in [0, 0.1) is 11.3 Å². The summed E-state index contributed by atoms with van der Waals surface area (Å²) in [5.41, 5.74) is -1.03. The van der Waals surface area contributed by atoms with E-state index in [9.17, 15) is 14.4 Å². The Morgan fingerprint density at radius 3 is 2.07 bits per heavy atom. The average Bonchev–Trinajstić information content (AvgIpc) is 2.97. The van der Waals surface area contributed by atoms with Gasteiger partial charge in [0.1, 0.15) is 5.41 Å². The molecule has 5 nitrogen and oxygen atoms in total. The molecule has 1 aliphatic carbocycles. The lowest BCUT2D eigenvalue weighted by atomic mass is 9.98. The first-order chi connectivity index (χ1) is 6.96. The summed E-state index contributed by atoms with van der Waals surface area (Å²) in [5, 5.41) is 0. The number of amides is 4. The van der Waals surface area contributed by atoms with Crippen molar-refractivity contribution in [1.82, 2.24) is 9.80 Å². The zero-order valence-electron chi connectivity index (χ0n) is 8.69. The fourth-order valence-electron chi connectivity index (χ4n) is 2.15. The monoisotopic (exact) mass is 208 g/mol. The lowest BCUT2D eigenvalue weighted by Crippen LogP contribution is -2.58. The summed E-state index contributed by atoms with van der Waals surface area (Å²) >= 11 is 0. The van der Waals surface area contributed by atoms with E-state index in [1.54, 1.807) is 6.08 Å². The van der Waals surface area contributed by atoms with E-state index in [0.717, 1.165) is 9.80 Å². The van der Waals surface area contributed by atoms with Crippen LogP contribution in [0.25, 0.3) is 0 Å². The molecular weight excluding hydrogens is 196 g/mol. The topological polar surface area (TPSA) is 57.7 Å². The van der Waals surface area contributed by atoms with Gasteiger partial charge < -0.3 is 0 Å². The van der Waals surface area contributed by atoms with Gasteiger partial charge in [0.2, 0.25) is 11.8 Å². The number of nitrogens with zero attached hydrogens (tertiary/aromatic N) is 2. The van der Waals surface area contributed by atoms with Gasteiger partial charge in [0.05, 0.1) is 0 Å². The molecule has 0 aromatic rings. The molecule has 0 N–H and O–H groups in total. The van der Waals surface area contributed by atoms with Crippen LogP contribution in [0.3, 0.4) is 0 Å². The predicted molar refractivity (Wildman–Crippen MR) is 51.7 cm³/mol. The number of rotatable bonds is 1. The number of urea groups is 1. The van der Waals surface area contributed by atoms with Gasteiger partial charge in [-0.15, -0.1) is 6.58 Å². The largest absolute Gasteiger partial charge is 0.332 e. The van der Waals surface area contributed by atoms with Crippen molar-refractivity contribution in [3.63, 3.8) is 0 Å². The minimum atomic E-state index is -1.03. The van der Waals surface area contributed by atoms with Gasteiger partial charge in [-0.25, -0.2) is 4.79 Å². The first-order valence-electron chi connectivity index (χ1n) is 4.69. The number of carbonyl (C=O) groups is 3. The summed E-state index contributed by atoms with van der Waals surface area (Å²) in [7, 11) is 2.79. The van der Waals surface area contributed by atoms with Gasteiger partial charge in [-0.05, 0) is 6.42 Å². The normalized spacial score (nSPS) is 28.7. The maximum atomic E-state index is 11.9. The van der Waals surface area contributed by atoms with Crippen molar-refractivity contribution in [2.24, 2.45) is 11.3 Å². The third-order valence-corrected chi connectivity index (χ3v) is 3.25. The first kappa shape index (κ1) is 9.89. The molecule has 0 aromatic carbocycles. The van der Waals surface area contributed by atoms with E-state index in [-0.39, 0.29) is 5.92 Å². The fourth-order valence-corrected chi connectivity index (χ4v) is 2.15. The average molecular weight is 208 g/mol. The van der Waals surface area contributed by atoms with Crippen LogP contribution in [-0.4, -0.2) is 41.7 Å². The van der Waals surface area contributed by atoms with Gasteiger partial charge in [0.15, 0.2) is 0 Å². The van der Waals surface area contributed by atoms with Gasteiger partial charge in [0, 0.05) is 20.0 Å². The van der Waals surface area contributed by atoms with Crippen LogP contribution in [0.5, 0.6) is 0 Å². The third-order valence-electron chi connectivity index (χ3n) is 3.25. The Hall–Kier alpha value is -1.65. The standard InChI is InChI=1S/C10H12N2O3/c1-4-6-5-10(6)7(13)11(2)9(15)12(3)8(10)14/h4,6H,1,5H2,2-3H3/t6-/m1/s1. The molecule has 0 unspecified atom stereocenters. The highest BCUT2D eigenvalue weighted by Gasteiger charge is 2.69. The van der Waals surface area contributed by atoms with Crippen LogP contribution in [0.1, 0.15) is 6.42 Å². The molecule has 1 saturated heterocycles. The minimum Gasteiger partial charge on any atom is -0.273 e. The number of allylic oxidation sites excluding steroid dienone is 1. The van der Waals surface area contributed by atoms with Crippen molar-refractivity contribution in [1.29, 1.82) is 0 Å². The molecule has 80 valence electrons. The molecule has 1 aliphatic heterocycles. The molecule has 1 spiro atoms. The second-order valence-corrected chi connectivity index (χ2v) is 4.03.